The van der Waals surface area contributed by atoms with E-state index in [2.05, 4.69) is 14.5 Å². The van der Waals surface area contributed by atoms with Crippen LogP contribution in [0.5, 0.6) is 0 Å². The van der Waals surface area contributed by atoms with Crippen LogP contribution in [0.25, 0.3) is 28.3 Å². The number of rotatable bonds is 4. The van der Waals surface area contributed by atoms with Gasteiger partial charge >= 0.3 is 0 Å². The van der Waals surface area contributed by atoms with Crippen molar-refractivity contribution in [2.24, 2.45) is 0 Å². The van der Waals surface area contributed by atoms with Crippen molar-refractivity contribution in [3.05, 3.63) is 60.4 Å². The van der Waals surface area contributed by atoms with E-state index in [9.17, 15) is 9.50 Å². The Bertz CT molecular complexity index is 1170. The predicted octanol–water partition coefficient (Wildman–Crippen LogP) is 3.96. The molecule has 0 amide bonds. The van der Waals surface area contributed by atoms with E-state index in [1.165, 1.54) is 12.1 Å². The first-order valence-corrected chi connectivity index (χ1v) is 9.32. The second kappa shape index (κ2) is 5.97. The fraction of sp³-hybridized carbons (Fsp3) is 0.286. The lowest BCUT2D eigenvalue weighted by molar-refractivity contribution is 0.0718. The van der Waals surface area contributed by atoms with Crippen LogP contribution < -0.4 is 0 Å². The number of fused-ring (bicyclic) bond motifs is 1. The van der Waals surface area contributed by atoms with Gasteiger partial charge in [-0.25, -0.2) is 18.9 Å². The summed E-state index contributed by atoms with van der Waals surface area (Å²) < 4.78 is 17.2. The lowest BCUT2D eigenvalue weighted by Gasteiger charge is -2.16. The van der Waals surface area contributed by atoms with Gasteiger partial charge in [0.05, 0.1) is 29.6 Å². The van der Waals surface area contributed by atoms with E-state index in [1.807, 2.05) is 18.5 Å². The van der Waals surface area contributed by atoms with Gasteiger partial charge < -0.3 is 9.67 Å². The molecule has 7 heteroatoms. The Morgan fingerprint density at radius 3 is 2.50 bits per heavy atom. The summed E-state index contributed by atoms with van der Waals surface area (Å²) in [6.07, 6.45) is 5.69. The Kier molecular flexibility index (Phi) is 3.64. The molecule has 28 heavy (non-hydrogen) atoms. The van der Waals surface area contributed by atoms with E-state index >= 15 is 0 Å². The fourth-order valence-corrected chi connectivity index (χ4v) is 3.48. The smallest absolute Gasteiger partial charge is 0.153 e. The van der Waals surface area contributed by atoms with Crippen LogP contribution in [0.3, 0.4) is 0 Å². The highest BCUT2D eigenvalue weighted by Gasteiger charge is 2.29. The van der Waals surface area contributed by atoms with Crippen molar-refractivity contribution in [1.82, 2.24) is 24.1 Å². The van der Waals surface area contributed by atoms with E-state index < -0.39 is 5.60 Å². The van der Waals surface area contributed by atoms with E-state index in [0.29, 0.717) is 17.4 Å². The maximum atomic E-state index is 13.4. The first-order valence-electron chi connectivity index (χ1n) is 9.32. The lowest BCUT2D eigenvalue weighted by atomic mass is 10.1. The van der Waals surface area contributed by atoms with Gasteiger partial charge in [-0.1, -0.05) is 0 Å². The molecule has 5 rings (SSSR count). The predicted molar refractivity (Wildman–Crippen MR) is 103 cm³/mol. The van der Waals surface area contributed by atoms with Gasteiger partial charge in [-0.15, -0.1) is 0 Å². The molecular formula is C21H20FN5O. The third kappa shape index (κ3) is 2.79. The molecule has 0 atom stereocenters. The molecule has 1 aliphatic rings. The van der Waals surface area contributed by atoms with E-state index in [0.717, 1.165) is 35.5 Å². The first kappa shape index (κ1) is 17.1. The van der Waals surface area contributed by atoms with Crippen LogP contribution in [-0.2, 0) is 5.60 Å². The first-order chi connectivity index (χ1) is 13.4. The number of imidazole rings is 2. The average molecular weight is 377 g/mol. The van der Waals surface area contributed by atoms with Crippen molar-refractivity contribution in [2.45, 2.75) is 38.3 Å². The zero-order chi connectivity index (χ0) is 19.5. The third-order valence-electron chi connectivity index (χ3n) is 5.08. The van der Waals surface area contributed by atoms with Crippen molar-refractivity contribution in [1.29, 1.82) is 0 Å². The maximum Gasteiger partial charge on any atom is 0.153 e. The summed E-state index contributed by atoms with van der Waals surface area (Å²) in [6.45, 7) is 3.42. The molecule has 0 spiro atoms. The highest BCUT2D eigenvalue weighted by molar-refractivity contribution is 5.77. The molecule has 0 bridgehead atoms. The zero-order valence-electron chi connectivity index (χ0n) is 15.7. The molecule has 0 aliphatic heterocycles. The number of nitrogens with zero attached hydrogens (tertiary/aromatic N) is 5. The molecular weight excluding hydrogens is 357 g/mol. The third-order valence-corrected chi connectivity index (χ3v) is 5.08. The normalized spacial score (nSPS) is 14.7. The summed E-state index contributed by atoms with van der Waals surface area (Å²) in [6, 6.07) is 10.6. The van der Waals surface area contributed by atoms with Gasteiger partial charge in [-0.2, -0.15) is 5.10 Å². The zero-order valence-corrected chi connectivity index (χ0v) is 15.7. The molecule has 1 saturated carbocycles. The Hall–Kier alpha value is -3.06. The minimum Gasteiger partial charge on any atom is -0.384 e. The highest BCUT2D eigenvalue weighted by atomic mass is 19.1. The second-order valence-electron chi connectivity index (χ2n) is 7.78. The monoisotopic (exact) mass is 377 g/mol. The van der Waals surface area contributed by atoms with E-state index in [4.69, 9.17) is 5.10 Å². The molecule has 1 N–H and O–H groups in total. The van der Waals surface area contributed by atoms with Gasteiger partial charge in [0.25, 0.3) is 0 Å². The van der Waals surface area contributed by atoms with Crippen molar-refractivity contribution < 1.29 is 9.50 Å². The number of halogens is 1. The number of aromatic nitrogens is 5. The summed E-state index contributed by atoms with van der Waals surface area (Å²) in [5.41, 5.74) is 3.45. The molecule has 6 nitrogen and oxygen atoms in total. The molecule has 1 aliphatic carbocycles. The minimum atomic E-state index is -1.07. The Morgan fingerprint density at radius 1 is 1.07 bits per heavy atom. The van der Waals surface area contributed by atoms with Crippen molar-refractivity contribution in [2.75, 3.05) is 0 Å². The largest absolute Gasteiger partial charge is 0.384 e. The van der Waals surface area contributed by atoms with Gasteiger partial charge in [0.15, 0.2) is 5.65 Å². The van der Waals surface area contributed by atoms with E-state index in [1.54, 1.807) is 36.7 Å². The molecule has 1 aromatic carbocycles. The van der Waals surface area contributed by atoms with Crippen LogP contribution in [0.1, 0.15) is 38.4 Å². The number of hydrogen-bond acceptors (Lipinski definition) is 4. The second-order valence-corrected chi connectivity index (χ2v) is 7.78. The van der Waals surface area contributed by atoms with E-state index in [-0.39, 0.29) is 5.82 Å². The molecule has 0 saturated heterocycles. The maximum absolute atomic E-state index is 13.4. The molecule has 3 aromatic heterocycles. The van der Waals surface area contributed by atoms with Crippen LogP contribution >= 0.6 is 0 Å². The van der Waals surface area contributed by atoms with Gasteiger partial charge in [-0.3, -0.25) is 0 Å². The highest BCUT2D eigenvalue weighted by Crippen LogP contribution is 2.41. The van der Waals surface area contributed by atoms with Crippen LogP contribution in [-0.4, -0.2) is 29.3 Å². The van der Waals surface area contributed by atoms with Crippen LogP contribution in [0.4, 0.5) is 4.39 Å². The SMILES string of the molecule is CC(C)(O)c1cnc2ccc(-c3c(-c4ccc(F)cc4)ncn3C3CC3)nn12. The summed E-state index contributed by atoms with van der Waals surface area (Å²) in [7, 11) is 0. The van der Waals surface area contributed by atoms with Gasteiger partial charge in [-0.05, 0) is 63.1 Å². The summed E-state index contributed by atoms with van der Waals surface area (Å²) in [5.74, 6) is -0.278. The Morgan fingerprint density at radius 2 is 1.82 bits per heavy atom. The summed E-state index contributed by atoms with van der Waals surface area (Å²) in [5, 5.41) is 15.2. The van der Waals surface area contributed by atoms with Crippen LogP contribution in [0, 0.1) is 5.82 Å². The minimum absolute atomic E-state index is 0.278. The quantitative estimate of drug-likeness (QED) is 0.584. The molecule has 142 valence electrons. The topological polar surface area (TPSA) is 68.2 Å². The van der Waals surface area contributed by atoms with Crippen LogP contribution in [0.15, 0.2) is 48.9 Å². The van der Waals surface area contributed by atoms with Gasteiger partial charge in [0.2, 0.25) is 0 Å². The number of benzene rings is 1. The van der Waals surface area contributed by atoms with Crippen LogP contribution in [0.2, 0.25) is 0 Å². The molecule has 4 aromatic rings. The summed E-state index contributed by atoms with van der Waals surface area (Å²) >= 11 is 0. The lowest BCUT2D eigenvalue weighted by Crippen LogP contribution is -2.19. The number of hydrogen-bond donors (Lipinski definition) is 1. The van der Waals surface area contributed by atoms with Crippen molar-refractivity contribution in [3.8, 4) is 22.6 Å². The van der Waals surface area contributed by atoms with Gasteiger partial charge in [0.1, 0.15) is 17.1 Å². The summed E-state index contributed by atoms with van der Waals surface area (Å²) in [4.78, 5) is 8.96. The molecule has 3 heterocycles. The van der Waals surface area contributed by atoms with Gasteiger partial charge in [0, 0.05) is 11.6 Å². The molecule has 0 unspecified atom stereocenters. The number of aliphatic hydroxyl groups is 1. The van der Waals surface area contributed by atoms with Crippen molar-refractivity contribution >= 4 is 5.65 Å². The molecule has 1 fully saturated rings. The van der Waals surface area contributed by atoms with Crippen molar-refractivity contribution in [3.63, 3.8) is 0 Å². The standard InChI is InChI=1S/C21H20FN5O/c1-21(2,28)17-11-23-18-10-9-16(25-27(17)18)20-19(13-3-5-14(22)6-4-13)24-12-26(20)15-7-8-15/h3-6,9-12,15,28H,7-8H2,1-2H3. The Labute approximate surface area is 161 Å². The average Bonchev–Trinajstić information content (AvgIpc) is 3.25. The Balaban J connectivity index is 1.72. The fourth-order valence-electron chi connectivity index (χ4n) is 3.48. The molecule has 0 radical (unpaired) electrons.